The fourth-order valence-corrected chi connectivity index (χ4v) is 8.87. The van der Waals surface area contributed by atoms with E-state index in [2.05, 4.69) is 57.2 Å². The molecule has 4 heterocycles. The number of aryl methyl sites for hydroxylation is 2. The van der Waals surface area contributed by atoms with Crippen LogP contribution in [0.5, 0.6) is 11.5 Å². The van der Waals surface area contributed by atoms with E-state index in [0.29, 0.717) is 47.0 Å². The quantitative estimate of drug-likeness (QED) is 0.0516. The van der Waals surface area contributed by atoms with Crippen LogP contribution in [0.3, 0.4) is 0 Å². The summed E-state index contributed by atoms with van der Waals surface area (Å²) in [6, 6.07) is 10.1. The second-order valence-corrected chi connectivity index (χ2v) is 19.8. The number of aromatic nitrogens is 6. The molecule has 388 valence electrons. The maximum atomic E-state index is 14.7. The van der Waals surface area contributed by atoms with Gasteiger partial charge in [0.1, 0.15) is 24.2 Å². The van der Waals surface area contributed by atoms with Gasteiger partial charge in [-0.1, -0.05) is 39.0 Å². The first-order valence-electron chi connectivity index (χ1n) is 23.7. The summed E-state index contributed by atoms with van der Waals surface area (Å²) in [5.74, 6) is -2.18. The molecule has 1 saturated carbocycles. The number of β-amino-alcohol motifs (C(OH)–C–C–N with tert-alkyl or cyclic N) is 1. The summed E-state index contributed by atoms with van der Waals surface area (Å²) >= 11 is 1.46. The van der Waals surface area contributed by atoms with Crippen LogP contribution in [0.15, 0.2) is 54.3 Å². The lowest BCUT2D eigenvalue weighted by atomic mass is 9.85. The molecule has 22 nitrogen and oxygen atoms in total. The molecule has 24 heteroatoms. The van der Waals surface area contributed by atoms with E-state index < -0.39 is 58.8 Å². The highest BCUT2D eigenvalue weighted by Crippen LogP contribution is 2.41. The Morgan fingerprint density at radius 2 is 1.78 bits per heavy atom. The minimum Gasteiger partial charge on any atom is -0.494 e. The molecule has 0 radical (unpaired) electrons. The molecule has 2 aromatic carbocycles. The fourth-order valence-electron chi connectivity index (χ4n) is 8.07. The number of nitrogens with one attached hydrogen (secondary N) is 6. The summed E-state index contributed by atoms with van der Waals surface area (Å²) in [5.41, 5.74) is 2.40. The molecular formula is C49H60FN13O9S. The molecule has 7 rings (SSSR count). The highest BCUT2D eigenvalue weighted by Gasteiger charge is 2.53. The number of methoxy groups -OCH3 is 1. The molecule has 5 aromatic rings. The Morgan fingerprint density at radius 1 is 1.00 bits per heavy atom. The zero-order valence-corrected chi connectivity index (χ0v) is 42.4. The lowest BCUT2D eigenvalue weighted by Gasteiger charge is -2.35. The van der Waals surface area contributed by atoms with E-state index in [1.54, 1.807) is 62.5 Å². The van der Waals surface area contributed by atoms with Gasteiger partial charge in [-0.15, -0.1) is 21.5 Å². The third-order valence-corrected chi connectivity index (χ3v) is 13.2. The van der Waals surface area contributed by atoms with Crippen LogP contribution in [0.25, 0.3) is 21.8 Å². The predicted octanol–water partition coefficient (Wildman–Crippen LogP) is 3.73. The SMILES string of the molecule is CNC(=O)c1nnc(NC(=O)CNC(=O)CCCCOc2cc(-c3scnc3C)ccc2CNC(=O)[C@@H]2C[C@@H](O)CN2C(=O)[C@@H](NC(=O)C2(F)CC2)C(C)(C)C)cc1Nc1cccc(-c2ncn(C)n2)c1OC. The number of aliphatic hydroxyl groups is 1. The smallest absolute Gasteiger partial charge is 0.273 e. The summed E-state index contributed by atoms with van der Waals surface area (Å²) in [7, 11) is 4.67. The number of hydrogen-bond acceptors (Lipinski definition) is 16. The zero-order chi connectivity index (χ0) is 52.6. The van der Waals surface area contributed by atoms with E-state index >= 15 is 0 Å². The van der Waals surface area contributed by atoms with Crippen molar-refractivity contribution in [2.24, 2.45) is 12.5 Å². The minimum absolute atomic E-state index is 0.00779. The molecule has 7 N–H and O–H groups in total. The van der Waals surface area contributed by atoms with Crippen LogP contribution < -0.4 is 41.4 Å². The summed E-state index contributed by atoms with van der Waals surface area (Å²) in [4.78, 5) is 89.9. The maximum absolute atomic E-state index is 14.7. The van der Waals surface area contributed by atoms with Crippen LogP contribution in [-0.2, 0) is 37.6 Å². The highest BCUT2D eigenvalue weighted by atomic mass is 32.1. The molecule has 2 aliphatic rings. The monoisotopic (exact) mass is 1030 g/mol. The number of likely N-dealkylation sites (tertiary alicyclic amines) is 1. The average molecular weight is 1030 g/mol. The number of nitrogens with zero attached hydrogens (tertiary/aromatic N) is 7. The number of para-hydroxylation sites is 1. The van der Waals surface area contributed by atoms with E-state index in [-0.39, 0.29) is 75.0 Å². The van der Waals surface area contributed by atoms with Gasteiger partial charge < -0.3 is 51.4 Å². The van der Waals surface area contributed by atoms with Crippen LogP contribution in [0, 0.1) is 12.3 Å². The van der Waals surface area contributed by atoms with Gasteiger partial charge in [-0.3, -0.25) is 33.4 Å². The van der Waals surface area contributed by atoms with E-state index in [1.165, 1.54) is 36.5 Å². The van der Waals surface area contributed by atoms with Crippen LogP contribution in [0.4, 0.5) is 21.6 Å². The Kier molecular flexibility index (Phi) is 16.7. The van der Waals surface area contributed by atoms with Gasteiger partial charge in [0.05, 0.1) is 59.4 Å². The van der Waals surface area contributed by atoms with Crippen molar-refractivity contribution in [1.29, 1.82) is 0 Å². The number of amides is 6. The van der Waals surface area contributed by atoms with Gasteiger partial charge in [-0.05, 0) is 61.8 Å². The number of alkyl halides is 1. The van der Waals surface area contributed by atoms with Crippen molar-refractivity contribution in [2.75, 3.05) is 44.5 Å². The molecule has 0 unspecified atom stereocenters. The normalized spacial score (nSPS) is 16.2. The number of rotatable bonds is 21. The zero-order valence-electron chi connectivity index (χ0n) is 41.6. The van der Waals surface area contributed by atoms with Crippen molar-refractivity contribution < 1.29 is 47.7 Å². The van der Waals surface area contributed by atoms with Gasteiger partial charge in [0.15, 0.2) is 28.8 Å². The standard InChI is InChI=1S/C49H60FN13O9S/c1-27-41(73-26-55-27)28-14-15-29(22-53-44(67)34-20-30(64)24-63(34)46(69)42(48(2,3)4)58-47(70)49(50)16-17-49)35(19-28)72-18-9-8-13-37(65)52-23-38(66)57-36-21-33(39(60-59-36)45(68)51-5)56-32-12-10-11-31(40(32)71-7)43-54-25-62(6)61-43/h10-12,14-15,19,21,25-26,30,34,42,64H,8-9,13,16-18,20,22-24H2,1-7H3,(H,51,68)(H,52,65)(H,53,67)(H,58,70)(H2,56,57,59,66)/t30-,34+,42-/m1/s1. The molecule has 1 aliphatic heterocycles. The van der Waals surface area contributed by atoms with Gasteiger partial charge >= 0.3 is 0 Å². The van der Waals surface area contributed by atoms with Crippen LogP contribution in [0.2, 0.25) is 0 Å². The van der Waals surface area contributed by atoms with E-state index in [0.717, 1.165) is 16.1 Å². The second kappa shape index (κ2) is 22.9. The molecule has 3 atom stereocenters. The molecule has 1 aliphatic carbocycles. The summed E-state index contributed by atoms with van der Waals surface area (Å²) in [6.07, 6.45) is 1.64. The van der Waals surface area contributed by atoms with Gasteiger partial charge in [0, 0.05) is 51.7 Å². The molecule has 2 fully saturated rings. The van der Waals surface area contributed by atoms with Gasteiger partial charge in [0.2, 0.25) is 23.6 Å². The fraction of sp³-hybridized carbons (Fsp3) is 0.449. The van der Waals surface area contributed by atoms with Crippen LogP contribution in [-0.4, -0.2) is 133 Å². The number of anilines is 3. The van der Waals surface area contributed by atoms with Crippen LogP contribution >= 0.6 is 11.3 Å². The molecule has 0 bridgehead atoms. The summed E-state index contributed by atoms with van der Waals surface area (Å²) in [5, 5.41) is 39.4. The minimum atomic E-state index is -2.00. The number of halogens is 1. The molecule has 0 spiro atoms. The molecule has 6 amide bonds. The Balaban J connectivity index is 0.923. The van der Waals surface area contributed by atoms with E-state index in [4.69, 9.17) is 9.47 Å². The second-order valence-electron chi connectivity index (χ2n) is 18.9. The summed E-state index contributed by atoms with van der Waals surface area (Å²) < 4.78 is 28.2. The van der Waals surface area contributed by atoms with Gasteiger partial charge in [-0.25, -0.2) is 14.4 Å². The predicted molar refractivity (Wildman–Crippen MR) is 267 cm³/mol. The Hall–Kier alpha value is -7.60. The Labute approximate surface area is 424 Å². The number of carbonyl (C=O) groups excluding carboxylic acids is 6. The first-order chi connectivity index (χ1) is 34.8. The summed E-state index contributed by atoms with van der Waals surface area (Å²) in [6.45, 7) is 6.80. The highest BCUT2D eigenvalue weighted by molar-refractivity contribution is 7.13. The molecule has 1 saturated heterocycles. The lowest BCUT2D eigenvalue weighted by molar-refractivity contribution is -0.145. The number of ether oxygens (including phenoxy) is 2. The lowest BCUT2D eigenvalue weighted by Crippen LogP contribution is -2.59. The van der Waals surface area contributed by atoms with Crippen molar-refractivity contribution in [3.05, 3.63) is 71.3 Å². The number of aliphatic hydroxyl groups excluding tert-OH is 1. The van der Waals surface area contributed by atoms with Crippen molar-refractivity contribution >= 4 is 64.0 Å². The third kappa shape index (κ3) is 13.1. The van der Waals surface area contributed by atoms with Gasteiger partial charge in [0.25, 0.3) is 11.8 Å². The first-order valence-corrected chi connectivity index (χ1v) is 24.5. The van der Waals surface area contributed by atoms with Gasteiger partial charge in [-0.2, -0.15) is 5.10 Å². The number of carbonyl (C=O) groups is 6. The van der Waals surface area contributed by atoms with Crippen molar-refractivity contribution in [3.63, 3.8) is 0 Å². The Bertz CT molecular complexity index is 2860. The molecule has 73 heavy (non-hydrogen) atoms. The van der Waals surface area contributed by atoms with Crippen molar-refractivity contribution in [3.8, 4) is 33.3 Å². The van der Waals surface area contributed by atoms with Crippen LogP contribution in [0.1, 0.15) is 81.0 Å². The van der Waals surface area contributed by atoms with Crippen molar-refractivity contribution in [2.45, 2.75) is 96.6 Å². The average Bonchev–Trinajstić information content (AvgIpc) is 3.60. The number of unbranched alkanes of at least 4 members (excludes halogenated alkanes) is 1. The Morgan fingerprint density at radius 3 is 2.45 bits per heavy atom. The largest absolute Gasteiger partial charge is 0.494 e. The maximum Gasteiger partial charge on any atom is 0.273 e. The number of benzene rings is 2. The molecule has 3 aromatic heterocycles. The van der Waals surface area contributed by atoms with E-state index in [9.17, 15) is 38.3 Å². The molecular weight excluding hydrogens is 966 g/mol. The first kappa shape index (κ1) is 53.2. The van der Waals surface area contributed by atoms with Crippen molar-refractivity contribution in [1.82, 2.24) is 56.1 Å². The third-order valence-electron chi connectivity index (χ3n) is 12.2. The van der Waals surface area contributed by atoms with E-state index in [1.807, 2.05) is 25.1 Å². The number of thiazole rings is 1. The topological polar surface area (TPSA) is 286 Å². The number of hydrogen-bond donors (Lipinski definition) is 7.